The molecule has 0 bridgehead atoms. The highest BCUT2D eigenvalue weighted by atomic mass is 16.5. The highest BCUT2D eigenvalue weighted by Gasteiger charge is 2.19. The second-order valence-corrected chi connectivity index (χ2v) is 6.99. The Morgan fingerprint density at radius 1 is 1.14 bits per heavy atom. The molecule has 1 aliphatic rings. The van der Waals surface area contributed by atoms with E-state index in [1.54, 1.807) is 13.2 Å². The van der Waals surface area contributed by atoms with Gasteiger partial charge in [0.05, 0.1) is 26.4 Å². The second kappa shape index (κ2) is 10.1. The molecule has 1 aliphatic heterocycles. The summed E-state index contributed by atoms with van der Waals surface area (Å²) in [5.41, 5.74) is 3.28. The maximum atomic E-state index is 12.6. The van der Waals surface area contributed by atoms with Gasteiger partial charge in [-0.3, -0.25) is 9.69 Å². The van der Waals surface area contributed by atoms with Crippen molar-refractivity contribution >= 4 is 12.0 Å². The van der Waals surface area contributed by atoms with Crippen LogP contribution in [0.1, 0.15) is 22.7 Å². The number of hydrogen-bond acceptors (Lipinski definition) is 4. The Morgan fingerprint density at radius 3 is 2.46 bits per heavy atom. The number of amides is 1. The number of carbonyl (C=O) groups is 1. The topological polar surface area (TPSA) is 50.8 Å². The second-order valence-electron chi connectivity index (χ2n) is 6.99. The van der Waals surface area contributed by atoms with Gasteiger partial charge in [0.15, 0.2) is 0 Å². The normalized spacial score (nSPS) is 16.1. The quantitative estimate of drug-likeness (QED) is 0.750. The average molecular weight is 380 g/mol. The first kappa shape index (κ1) is 20.1. The molecule has 28 heavy (non-hydrogen) atoms. The molecule has 2 aromatic rings. The molecule has 1 saturated heterocycles. The summed E-state index contributed by atoms with van der Waals surface area (Å²) >= 11 is 0. The lowest BCUT2D eigenvalue weighted by molar-refractivity contribution is -0.117. The monoisotopic (exact) mass is 380 g/mol. The van der Waals surface area contributed by atoms with Gasteiger partial charge in [-0.2, -0.15) is 0 Å². The van der Waals surface area contributed by atoms with Gasteiger partial charge in [0.1, 0.15) is 5.75 Å². The van der Waals surface area contributed by atoms with Crippen LogP contribution in [0.5, 0.6) is 5.75 Å². The van der Waals surface area contributed by atoms with Crippen molar-refractivity contribution in [3.8, 4) is 5.75 Å². The van der Waals surface area contributed by atoms with Crippen molar-refractivity contribution in [2.45, 2.75) is 13.0 Å². The number of nitrogens with one attached hydrogen (secondary N) is 1. The first-order valence-corrected chi connectivity index (χ1v) is 9.63. The Bertz CT molecular complexity index is 778. The fraction of sp³-hybridized carbons (Fsp3) is 0.348. The van der Waals surface area contributed by atoms with Crippen molar-refractivity contribution in [2.24, 2.45) is 0 Å². The molecule has 0 saturated carbocycles. The average Bonchev–Trinajstić information content (AvgIpc) is 2.73. The zero-order chi connectivity index (χ0) is 19.8. The minimum atomic E-state index is -0.102. The summed E-state index contributed by atoms with van der Waals surface area (Å²) in [5.74, 6) is 0.696. The minimum absolute atomic E-state index is 0.0632. The maximum absolute atomic E-state index is 12.6. The SMILES string of the molecule is COc1ccc(/C=C/C(=O)N[C@H](CN2CCOCC2)c2ccc(C)cc2)cc1. The molecule has 0 aliphatic carbocycles. The van der Waals surface area contributed by atoms with E-state index in [-0.39, 0.29) is 11.9 Å². The molecule has 5 nitrogen and oxygen atoms in total. The zero-order valence-electron chi connectivity index (χ0n) is 16.6. The summed E-state index contributed by atoms with van der Waals surface area (Å²) in [6.45, 7) is 6.10. The molecule has 0 spiro atoms. The van der Waals surface area contributed by atoms with Gasteiger partial charge in [0.2, 0.25) is 5.91 Å². The highest BCUT2D eigenvalue weighted by Crippen LogP contribution is 2.17. The van der Waals surface area contributed by atoms with E-state index in [0.29, 0.717) is 0 Å². The molecule has 1 heterocycles. The van der Waals surface area contributed by atoms with Crippen LogP contribution in [0.15, 0.2) is 54.6 Å². The first-order chi connectivity index (χ1) is 13.6. The Kier molecular flexibility index (Phi) is 7.23. The van der Waals surface area contributed by atoms with E-state index in [2.05, 4.69) is 41.4 Å². The van der Waals surface area contributed by atoms with Gasteiger partial charge in [-0.25, -0.2) is 0 Å². The molecular formula is C23H28N2O3. The molecule has 1 N–H and O–H groups in total. The summed E-state index contributed by atoms with van der Waals surface area (Å²) in [7, 11) is 1.64. The van der Waals surface area contributed by atoms with E-state index in [4.69, 9.17) is 9.47 Å². The largest absolute Gasteiger partial charge is 0.497 e. The van der Waals surface area contributed by atoms with E-state index in [1.807, 2.05) is 30.3 Å². The van der Waals surface area contributed by atoms with Gasteiger partial charge in [-0.15, -0.1) is 0 Å². The molecule has 2 aromatic carbocycles. The summed E-state index contributed by atoms with van der Waals surface area (Å²) in [6, 6.07) is 15.9. The van der Waals surface area contributed by atoms with E-state index >= 15 is 0 Å². The number of hydrogen-bond donors (Lipinski definition) is 1. The third-order valence-electron chi connectivity index (χ3n) is 4.88. The fourth-order valence-electron chi connectivity index (χ4n) is 3.18. The van der Waals surface area contributed by atoms with Crippen LogP contribution in [0.25, 0.3) is 6.08 Å². The van der Waals surface area contributed by atoms with Gasteiger partial charge < -0.3 is 14.8 Å². The molecule has 0 radical (unpaired) electrons. The van der Waals surface area contributed by atoms with Gasteiger partial charge in [-0.05, 0) is 36.3 Å². The van der Waals surface area contributed by atoms with Crippen LogP contribution in [-0.4, -0.2) is 50.8 Å². The molecule has 5 heteroatoms. The summed E-state index contributed by atoms with van der Waals surface area (Å²) in [6.07, 6.45) is 3.40. The van der Waals surface area contributed by atoms with Gasteiger partial charge in [-0.1, -0.05) is 42.0 Å². The number of morpholine rings is 1. The van der Waals surface area contributed by atoms with Crippen molar-refractivity contribution in [3.63, 3.8) is 0 Å². The van der Waals surface area contributed by atoms with E-state index in [0.717, 1.165) is 49.7 Å². The Balaban J connectivity index is 1.67. The molecule has 1 atom stereocenters. The van der Waals surface area contributed by atoms with Crippen LogP contribution >= 0.6 is 0 Å². The van der Waals surface area contributed by atoms with Crippen molar-refractivity contribution in [2.75, 3.05) is 40.0 Å². The van der Waals surface area contributed by atoms with Crippen LogP contribution in [0, 0.1) is 6.92 Å². The molecule has 0 aromatic heterocycles. The van der Waals surface area contributed by atoms with Crippen molar-refractivity contribution in [1.82, 2.24) is 10.2 Å². The number of benzene rings is 2. The lowest BCUT2D eigenvalue weighted by atomic mass is 10.0. The fourth-order valence-corrected chi connectivity index (χ4v) is 3.18. The van der Waals surface area contributed by atoms with Crippen LogP contribution in [0.2, 0.25) is 0 Å². The number of ether oxygens (including phenoxy) is 2. The third-order valence-corrected chi connectivity index (χ3v) is 4.88. The Labute approximate surface area is 167 Å². The number of carbonyl (C=O) groups excluding carboxylic acids is 1. The molecule has 3 rings (SSSR count). The Morgan fingerprint density at radius 2 is 1.82 bits per heavy atom. The maximum Gasteiger partial charge on any atom is 0.244 e. The molecule has 148 valence electrons. The first-order valence-electron chi connectivity index (χ1n) is 9.63. The lowest BCUT2D eigenvalue weighted by Crippen LogP contribution is -2.42. The number of methoxy groups -OCH3 is 1. The van der Waals surface area contributed by atoms with E-state index in [9.17, 15) is 4.79 Å². The van der Waals surface area contributed by atoms with Crippen LogP contribution in [-0.2, 0) is 9.53 Å². The highest BCUT2D eigenvalue weighted by molar-refractivity contribution is 5.92. The van der Waals surface area contributed by atoms with Crippen molar-refractivity contribution in [3.05, 3.63) is 71.3 Å². The predicted molar refractivity (Wildman–Crippen MR) is 111 cm³/mol. The third kappa shape index (κ3) is 5.94. The lowest BCUT2D eigenvalue weighted by Gasteiger charge is -2.31. The van der Waals surface area contributed by atoms with Crippen LogP contribution in [0.3, 0.4) is 0 Å². The summed E-state index contributed by atoms with van der Waals surface area (Å²) in [5, 5.41) is 3.16. The molecule has 1 amide bonds. The molecule has 0 unspecified atom stereocenters. The standard InChI is InChI=1S/C23H28N2O3/c1-18-3-8-20(9-4-18)22(17-25-13-15-28-16-14-25)24-23(26)12-7-19-5-10-21(27-2)11-6-19/h3-12,22H,13-17H2,1-2H3,(H,24,26)/b12-7+/t22-/m1/s1. The minimum Gasteiger partial charge on any atom is -0.497 e. The number of nitrogens with zero attached hydrogens (tertiary/aromatic N) is 1. The smallest absolute Gasteiger partial charge is 0.244 e. The van der Waals surface area contributed by atoms with Gasteiger partial charge in [0.25, 0.3) is 0 Å². The van der Waals surface area contributed by atoms with Crippen molar-refractivity contribution in [1.29, 1.82) is 0 Å². The molecule has 1 fully saturated rings. The van der Waals surface area contributed by atoms with Crippen LogP contribution < -0.4 is 10.1 Å². The summed E-state index contributed by atoms with van der Waals surface area (Å²) < 4.78 is 10.6. The number of aryl methyl sites for hydroxylation is 1. The van der Waals surface area contributed by atoms with Crippen molar-refractivity contribution < 1.29 is 14.3 Å². The van der Waals surface area contributed by atoms with Crippen LogP contribution in [0.4, 0.5) is 0 Å². The van der Waals surface area contributed by atoms with E-state index < -0.39 is 0 Å². The van der Waals surface area contributed by atoms with E-state index in [1.165, 1.54) is 5.56 Å². The molecular weight excluding hydrogens is 352 g/mol. The number of rotatable bonds is 7. The summed E-state index contributed by atoms with van der Waals surface area (Å²) in [4.78, 5) is 14.9. The van der Waals surface area contributed by atoms with Gasteiger partial charge in [0, 0.05) is 25.7 Å². The zero-order valence-corrected chi connectivity index (χ0v) is 16.6. The van der Waals surface area contributed by atoms with Gasteiger partial charge >= 0.3 is 0 Å². The Hall–Kier alpha value is -2.63. The predicted octanol–water partition coefficient (Wildman–Crippen LogP) is 3.21.